The molecule has 1 N–H and O–H groups in total. The molecule has 1 heterocycles. The second kappa shape index (κ2) is 4.72. The van der Waals surface area contributed by atoms with Crippen molar-refractivity contribution in [1.29, 1.82) is 5.26 Å². The van der Waals surface area contributed by atoms with Crippen LogP contribution in [0.2, 0.25) is 0 Å². The van der Waals surface area contributed by atoms with Crippen molar-refractivity contribution in [3.05, 3.63) is 46.0 Å². The van der Waals surface area contributed by atoms with Crippen LogP contribution >= 0.6 is 0 Å². The van der Waals surface area contributed by atoms with Gasteiger partial charge in [0.1, 0.15) is 23.2 Å². The van der Waals surface area contributed by atoms with E-state index in [1.165, 1.54) is 0 Å². The normalized spacial score (nSPS) is 9.83. The van der Waals surface area contributed by atoms with E-state index < -0.39 is 5.56 Å². The molecule has 1 aromatic carbocycles. The Kier molecular flexibility index (Phi) is 3.11. The topological polar surface area (TPSA) is 78.8 Å². The average molecular weight is 241 g/mol. The molecule has 0 spiro atoms. The molecule has 5 nitrogen and oxygen atoms in total. The summed E-state index contributed by atoms with van der Waals surface area (Å²) in [4.78, 5) is 18.4. The van der Waals surface area contributed by atoms with Crippen LogP contribution in [-0.2, 0) is 0 Å². The number of hydrogen-bond donors (Lipinski definition) is 1. The largest absolute Gasteiger partial charge is 0.497 e. The maximum Gasteiger partial charge on any atom is 0.269 e. The summed E-state index contributed by atoms with van der Waals surface area (Å²) in [6.07, 6.45) is 0. The summed E-state index contributed by atoms with van der Waals surface area (Å²) < 4.78 is 5.06. The minimum absolute atomic E-state index is 0.0192. The Balaban J connectivity index is 2.63. The fourth-order valence-corrected chi connectivity index (χ4v) is 1.65. The first-order valence-electron chi connectivity index (χ1n) is 5.31. The van der Waals surface area contributed by atoms with Crippen LogP contribution in [-0.4, -0.2) is 17.1 Å². The molecule has 5 heteroatoms. The molecule has 0 amide bonds. The van der Waals surface area contributed by atoms with Crippen LogP contribution in [0.4, 0.5) is 0 Å². The predicted octanol–water partition coefficient (Wildman–Crippen LogP) is 1.63. The summed E-state index contributed by atoms with van der Waals surface area (Å²) >= 11 is 0. The maximum atomic E-state index is 11.6. The van der Waals surface area contributed by atoms with E-state index >= 15 is 0 Å². The van der Waals surface area contributed by atoms with E-state index in [0.717, 1.165) is 0 Å². The number of nitriles is 1. The third-order valence-corrected chi connectivity index (χ3v) is 2.51. The summed E-state index contributed by atoms with van der Waals surface area (Å²) in [7, 11) is 1.57. The highest BCUT2D eigenvalue weighted by atomic mass is 16.5. The monoisotopic (exact) mass is 241 g/mol. The smallest absolute Gasteiger partial charge is 0.269 e. The van der Waals surface area contributed by atoms with E-state index in [2.05, 4.69) is 9.97 Å². The van der Waals surface area contributed by atoms with Gasteiger partial charge in [-0.3, -0.25) is 4.79 Å². The Hall–Kier alpha value is -2.61. The quantitative estimate of drug-likeness (QED) is 0.866. The molecule has 90 valence electrons. The van der Waals surface area contributed by atoms with Crippen LogP contribution in [0.5, 0.6) is 5.75 Å². The lowest BCUT2D eigenvalue weighted by molar-refractivity contribution is 0.415. The molecule has 0 aliphatic carbocycles. The zero-order chi connectivity index (χ0) is 13.1. The summed E-state index contributed by atoms with van der Waals surface area (Å²) in [6, 6.07) is 8.93. The van der Waals surface area contributed by atoms with Crippen molar-refractivity contribution in [1.82, 2.24) is 9.97 Å². The third-order valence-electron chi connectivity index (χ3n) is 2.51. The fraction of sp³-hybridized carbons (Fsp3) is 0.154. The van der Waals surface area contributed by atoms with E-state index in [9.17, 15) is 4.79 Å². The van der Waals surface area contributed by atoms with Gasteiger partial charge in [-0.1, -0.05) is 0 Å². The van der Waals surface area contributed by atoms with Crippen molar-refractivity contribution in [3.8, 4) is 23.1 Å². The van der Waals surface area contributed by atoms with E-state index in [0.29, 0.717) is 22.8 Å². The number of hydrogen-bond acceptors (Lipinski definition) is 4. The van der Waals surface area contributed by atoms with Crippen LogP contribution in [0, 0.1) is 18.3 Å². The molecule has 18 heavy (non-hydrogen) atoms. The Labute approximate surface area is 104 Å². The van der Waals surface area contributed by atoms with Gasteiger partial charge in [0.2, 0.25) is 0 Å². The molecule has 0 saturated carbocycles. The van der Waals surface area contributed by atoms with Crippen molar-refractivity contribution < 1.29 is 4.74 Å². The van der Waals surface area contributed by atoms with Gasteiger partial charge < -0.3 is 9.72 Å². The number of nitrogens with zero attached hydrogens (tertiary/aromatic N) is 2. The number of nitrogens with one attached hydrogen (secondary N) is 1. The molecule has 0 saturated heterocycles. The molecule has 1 aromatic heterocycles. The van der Waals surface area contributed by atoms with Gasteiger partial charge in [-0.15, -0.1) is 0 Å². The molecule has 0 aliphatic rings. The third kappa shape index (κ3) is 2.09. The number of rotatable bonds is 2. The Morgan fingerprint density at radius 3 is 2.56 bits per heavy atom. The maximum absolute atomic E-state index is 11.6. The number of aromatic amines is 1. The molecular weight excluding hydrogens is 230 g/mol. The van der Waals surface area contributed by atoms with Gasteiger partial charge in [-0.25, -0.2) is 4.98 Å². The predicted molar refractivity (Wildman–Crippen MR) is 66.3 cm³/mol. The first-order chi connectivity index (χ1) is 8.65. The highest BCUT2D eigenvalue weighted by Crippen LogP contribution is 2.21. The van der Waals surface area contributed by atoms with Crippen LogP contribution in [0.3, 0.4) is 0 Å². The summed E-state index contributed by atoms with van der Waals surface area (Å²) in [5.74, 6) is 1.18. The molecule has 2 aromatic rings. The van der Waals surface area contributed by atoms with E-state index in [1.54, 1.807) is 38.3 Å². The Bertz CT molecular complexity index is 666. The number of ether oxygens (including phenoxy) is 1. The van der Waals surface area contributed by atoms with Gasteiger partial charge in [0.25, 0.3) is 5.56 Å². The number of H-pyrrole nitrogens is 1. The Morgan fingerprint density at radius 1 is 1.33 bits per heavy atom. The van der Waals surface area contributed by atoms with Crippen LogP contribution in [0.15, 0.2) is 29.1 Å². The second-order valence-electron chi connectivity index (χ2n) is 3.72. The molecule has 0 atom stereocenters. The molecule has 2 rings (SSSR count). The first kappa shape index (κ1) is 11.9. The van der Waals surface area contributed by atoms with Crippen molar-refractivity contribution >= 4 is 0 Å². The molecule has 0 fully saturated rings. The molecule has 0 radical (unpaired) electrons. The zero-order valence-electron chi connectivity index (χ0n) is 10.0. The van der Waals surface area contributed by atoms with Crippen molar-refractivity contribution in [3.63, 3.8) is 0 Å². The van der Waals surface area contributed by atoms with Gasteiger partial charge in [0.05, 0.1) is 12.8 Å². The van der Waals surface area contributed by atoms with E-state index in [-0.39, 0.29) is 5.56 Å². The van der Waals surface area contributed by atoms with E-state index in [4.69, 9.17) is 10.00 Å². The fourth-order valence-electron chi connectivity index (χ4n) is 1.65. The van der Waals surface area contributed by atoms with Crippen LogP contribution in [0.25, 0.3) is 11.3 Å². The summed E-state index contributed by atoms with van der Waals surface area (Å²) in [5.41, 5.74) is 0.699. The zero-order valence-corrected chi connectivity index (χ0v) is 10.0. The minimum Gasteiger partial charge on any atom is -0.497 e. The highest BCUT2D eigenvalue weighted by Gasteiger charge is 2.11. The lowest BCUT2D eigenvalue weighted by Crippen LogP contribution is -2.15. The van der Waals surface area contributed by atoms with Gasteiger partial charge in [-0.2, -0.15) is 5.26 Å². The number of methoxy groups -OCH3 is 1. The van der Waals surface area contributed by atoms with Gasteiger partial charge in [-0.05, 0) is 31.2 Å². The minimum atomic E-state index is -0.421. The summed E-state index contributed by atoms with van der Waals surface area (Å²) in [5, 5.41) is 9.02. The van der Waals surface area contributed by atoms with Crippen LogP contribution < -0.4 is 10.3 Å². The molecule has 0 bridgehead atoms. The van der Waals surface area contributed by atoms with Gasteiger partial charge in [0.15, 0.2) is 0 Å². The number of aryl methyl sites for hydroxylation is 1. The Morgan fingerprint density at radius 2 is 2.00 bits per heavy atom. The molecule has 0 aliphatic heterocycles. The van der Waals surface area contributed by atoms with Crippen molar-refractivity contribution in [2.75, 3.05) is 7.11 Å². The van der Waals surface area contributed by atoms with Gasteiger partial charge >= 0.3 is 0 Å². The van der Waals surface area contributed by atoms with Gasteiger partial charge in [0, 0.05) is 5.56 Å². The lowest BCUT2D eigenvalue weighted by atomic mass is 10.1. The molecular formula is C13H11N3O2. The first-order valence-corrected chi connectivity index (χ1v) is 5.31. The second-order valence-corrected chi connectivity index (χ2v) is 3.72. The lowest BCUT2D eigenvalue weighted by Gasteiger charge is -2.05. The summed E-state index contributed by atoms with van der Waals surface area (Å²) in [6.45, 7) is 1.68. The molecule has 0 unspecified atom stereocenters. The van der Waals surface area contributed by atoms with Crippen molar-refractivity contribution in [2.45, 2.75) is 6.92 Å². The highest BCUT2D eigenvalue weighted by molar-refractivity contribution is 5.66. The standard InChI is InChI=1S/C13H11N3O2/c1-8-15-12(11(7-14)13(17)16-8)9-3-5-10(18-2)6-4-9/h3-6H,1-2H3,(H,15,16,17). The average Bonchev–Trinajstić information content (AvgIpc) is 2.38. The van der Waals surface area contributed by atoms with E-state index in [1.807, 2.05) is 6.07 Å². The number of aromatic nitrogens is 2. The SMILES string of the molecule is COc1ccc(-c2nc(C)[nH]c(=O)c2C#N)cc1. The van der Waals surface area contributed by atoms with Crippen LogP contribution in [0.1, 0.15) is 11.4 Å². The number of benzene rings is 1. The van der Waals surface area contributed by atoms with Crippen molar-refractivity contribution in [2.24, 2.45) is 0 Å².